The molecular formula is C20H20F4N2O3. The molecule has 5 nitrogen and oxygen atoms in total. The first-order valence-corrected chi connectivity index (χ1v) is 8.97. The Balaban J connectivity index is 2.20. The molecule has 2 amide bonds. The molecule has 3 rings (SSSR count). The van der Waals surface area contributed by atoms with E-state index < -0.39 is 46.1 Å². The van der Waals surface area contributed by atoms with Gasteiger partial charge in [-0.3, -0.25) is 14.4 Å². The number of carbonyl (C=O) groups is 3. The lowest BCUT2D eigenvalue weighted by Crippen LogP contribution is -2.65. The summed E-state index contributed by atoms with van der Waals surface area (Å²) in [5.74, 6) is -3.86. The molecule has 0 fully saturated rings. The molecule has 1 aliphatic heterocycles. The van der Waals surface area contributed by atoms with Crippen molar-refractivity contribution in [1.29, 1.82) is 0 Å². The molecule has 1 aromatic rings. The highest BCUT2D eigenvalue weighted by Crippen LogP contribution is 2.52. The number of Topliss-reactive ketones (excluding diaryl/α,β-unsaturated/α-hetero) is 1. The molecule has 1 aromatic carbocycles. The zero-order chi connectivity index (χ0) is 21.8. The van der Waals surface area contributed by atoms with Crippen LogP contribution in [0, 0.1) is 11.2 Å². The van der Waals surface area contributed by atoms with Crippen LogP contribution >= 0.6 is 0 Å². The lowest BCUT2D eigenvalue weighted by atomic mass is 9.72. The first-order chi connectivity index (χ1) is 13.3. The van der Waals surface area contributed by atoms with Crippen LogP contribution in [0.15, 0.2) is 35.5 Å². The Morgan fingerprint density at radius 1 is 1.14 bits per heavy atom. The number of rotatable bonds is 3. The van der Waals surface area contributed by atoms with E-state index in [1.807, 2.05) is 0 Å². The third-order valence-corrected chi connectivity index (χ3v) is 5.16. The standard InChI is InChI=1S/C20H20F4N2O3/c1-11(27)25-19(20(22,23)24)16-14(8-18(2,3)9-15(16)28)26(17(19)29)10-12-4-6-13(21)7-5-12/h4-7H,8-10H2,1-3H3,(H,25,27)/t19-/m1/s1. The maximum atomic E-state index is 14.2. The minimum Gasteiger partial charge on any atom is -0.331 e. The Hall–Kier alpha value is -2.71. The summed E-state index contributed by atoms with van der Waals surface area (Å²) in [6, 6.07) is 4.97. The Morgan fingerprint density at radius 3 is 2.24 bits per heavy atom. The fraction of sp³-hybridized carbons (Fsp3) is 0.450. The number of amides is 2. The first-order valence-electron chi connectivity index (χ1n) is 8.97. The second-order valence-corrected chi connectivity index (χ2v) is 8.21. The molecule has 0 aromatic heterocycles. The molecule has 29 heavy (non-hydrogen) atoms. The van der Waals surface area contributed by atoms with Crippen molar-refractivity contribution in [2.24, 2.45) is 5.41 Å². The number of hydrogen-bond acceptors (Lipinski definition) is 3. The van der Waals surface area contributed by atoms with Gasteiger partial charge in [0.1, 0.15) is 5.82 Å². The maximum absolute atomic E-state index is 14.2. The maximum Gasteiger partial charge on any atom is 0.425 e. The largest absolute Gasteiger partial charge is 0.425 e. The number of hydrogen-bond donors (Lipinski definition) is 1. The number of nitrogens with one attached hydrogen (secondary N) is 1. The second kappa shape index (κ2) is 6.67. The predicted molar refractivity (Wildman–Crippen MR) is 94.6 cm³/mol. The quantitative estimate of drug-likeness (QED) is 0.776. The average molecular weight is 412 g/mol. The third kappa shape index (κ3) is 3.42. The zero-order valence-corrected chi connectivity index (χ0v) is 16.1. The molecular weight excluding hydrogens is 392 g/mol. The summed E-state index contributed by atoms with van der Waals surface area (Å²) in [5.41, 5.74) is -4.45. The van der Waals surface area contributed by atoms with Crippen LogP contribution in [0.4, 0.5) is 17.6 Å². The van der Waals surface area contributed by atoms with Gasteiger partial charge in [0.05, 0.1) is 12.1 Å². The Morgan fingerprint density at radius 2 is 1.72 bits per heavy atom. The van der Waals surface area contributed by atoms with Gasteiger partial charge in [0.15, 0.2) is 5.78 Å². The van der Waals surface area contributed by atoms with E-state index in [0.29, 0.717) is 5.56 Å². The molecule has 0 saturated heterocycles. The third-order valence-electron chi connectivity index (χ3n) is 5.16. The van der Waals surface area contributed by atoms with Gasteiger partial charge >= 0.3 is 6.18 Å². The number of ketones is 1. The molecule has 1 atom stereocenters. The summed E-state index contributed by atoms with van der Waals surface area (Å²) in [4.78, 5) is 38.5. The van der Waals surface area contributed by atoms with Gasteiger partial charge in [0.2, 0.25) is 11.4 Å². The molecule has 0 saturated carbocycles. The molecule has 0 spiro atoms. The van der Waals surface area contributed by atoms with Crippen LogP contribution in [0.5, 0.6) is 0 Å². The van der Waals surface area contributed by atoms with Crippen LogP contribution in [0.2, 0.25) is 0 Å². The normalized spacial score (nSPS) is 24.0. The Labute approximate surface area is 164 Å². The summed E-state index contributed by atoms with van der Waals surface area (Å²) in [5, 5.41) is 1.73. The van der Waals surface area contributed by atoms with Crippen LogP contribution in [0.1, 0.15) is 39.2 Å². The second-order valence-electron chi connectivity index (χ2n) is 8.21. The summed E-state index contributed by atoms with van der Waals surface area (Å²) < 4.78 is 55.9. The fourth-order valence-electron chi connectivity index (χ4n) is 4.03. The van der Waals surface area contributed by atoms with Crippen molar-refractivity contribution < 1.29 is 31.9 Å². The van der Waals surface area contributed by atoms with Gasteiger partial charge in [0.25, 0.3) is 5.91 Å². The van der Waals surface area contributed by atoms with Crippen LogP contribution in [-0.4, -0.2) is 34.2 Å². The number of halogens is 4. The van der Waals surface area contributed by atoms with E-state index >= 15 is 0 Å². The first kappa shape index (κ1) is 21.0. The summed E-state index contributed by atoms with van der Waals surface area (Å²) in [7, 11) is 0. The van der Waals surface area contributed by atoms with Gasteiger partial charge in [-0.15, -0.1) is 0 Å². The van der Waals surface area contributed by atoms with Crippen LogP contribution in [0.3, 0.4) is 0 Å². The van der Waals surface area contributed by atoms with Gasteiger partial charge in [-0.05, 0) is 29.5 Å². The SMILES string of the molecule is CC(=O)N[C@@]1(C(F)(F)F)C(=O)N(Cc2ccc(F)cc2)C2=C1C(=O)CC(C)(C)C2. The predicted octanol–water partition coefficient (Wildman–Crippen LogP) is 3.25. The molecule has 0 radical (unpaired) electrons. The highest BCUT2D eigenvalue weighted by atomic mass is 19.4. The minimum absolute atomic E-state index is 0.0494. The molecule has 0 bridgehead atoms. The molecule has 0 unspecified atom stereocenters. The van der Waals surface area contributed by atoms with Gasteiger partial charge in [-0.1, -0.05) is 26.0 Å². The van der Waals surface area contributed by atoms with E-state index in [1.54, 1.807) is 19.2 Å². The zero-order valence-electron chi connectivity index (χ0n) is 16.1. The van der Waals surface area contributed by atoms with Gasteiger partial charge < -0.3 is 10.2 Å². The van der Waals surface area contributed by atoms with Crippen molar-refractivity contribution >= 4 is 17.6 Å². The van der Waals surface area contributed by atoms with Crippen LogP contribution < -0.4 is 5.32 Å². The van der Waals surface area contributed by atoms with E-state index in [0.717, 1.165) is 24.0 Å². The van der Waals surface area contributed by atoms with Gasteiger partial charge in [-0.2, -0.15) is 13.2 Å². The lowest BCUT2D eigenvalue weighted by Gasteiger charge is -2.35. The van der Waals surface area contributed by atoms with Crippen molar-refractivity contribution in [2.75, 3.05) is 0 Å². The molecule has 2 aliphatic rings. The summed E-state index contributed by atoms with van der Waals surface area (Å²) >= 11 is 0. The molecule has 156 valence electrons. The molecule has 1 heterocycles. The smallest absolute Gasteiger partial charge is 0.331 e. The van der Waals surface area contributed by atoms with Crippen molar-refractivity contribution in [3.8, 4) is 0 Å². The number of benzene rings is 1. The van der Waals surface area contributed by atoms with E-state index in [4.69, 9.17) is 0 Å². The minimum atomic E-state index is -5.22. The van der Waals surface area contributed by atoms with Crippen molar-refractivity contribution in [3.05, 3.63) is 46.9 Å². The molecule has 1 aliphatic carbocycles. The number of alkyl halides is 3. The summed E-state index contributed by atoms with van der Waals surface area (Å²) in [6.07, 6.45) is -5.34. The van der Waals surface area contributed by atoms with E-state index in [-0.39, 0.29) is 25.1 Å². The number of allylic oxidation sites excluding steroid dienone is 1. The fourth-order valence-corrected chi connectivity index (χ4v) is 4.03. The average Bonchev–Trinajstić information content (AvgIpc) is 2.78. The monoisotopic (exact) mass is 412 g/mol. The van der Waals surface area contributed by atoms with Gasteiger partial charge in [0, 0.05) is 19.0 Å². The highest BCUT2D eigenvalue weighted by Gasteiger charge is 2.71. The Kier molecular flexibility index (Phi) is 4.83. The van der Waals surface area contributed by atoms with E-state index in [2.05, 4.69) is 0 Å². The van der Waals surface area contributed by atoms with E-state index in [9.17, 15) is 31.9 Å². The highest BCUT2D eigenvalue weighted by molar-refractivity contribution is 6.13. The number of carbonyl (C=O) groups excluding carboxylic acids is 3. The van der Waals surface area contributed by atoms with Crippen LogP contribution in [0.25, 0.3) is 0 Å². The number of nitrogens with zero attached hydrogens (tertiary/aromatic N) is 1. The lowest BCUT2D eigenvalue weighted by molar-refractivity contribution is -0.194. The molecule has 9 heteroatoms. The van der Waals surface area contributed by atoms with Gasteiger partial charge in [-0.25, -0.2) is 4.39 Å². The van der Waals surface area contributed by atoms with E-state index in [1.165, 1.54) is 12.1 Å². The van der Waals surface area contributed by atoms with Crippen molar-refractivity contribution in [1.82, 2.24) is 10.2 Å². The van der Waals surface area contributed by atoms with Crippen LogP contribution in [-0.2, 0) is 20.9 Å². The van der Waals surface area contributed by atoms with Crippen molar-refractivity contribution in [2.45, 2.75) is 51.9 Å². The Bertz CT molecular complexity index is 919. The molecule has 1 N–H and O–H groups in total. The topological polar surface area (TPSA) is 66.5 Å². The summed E-state index contributed by atoms with van der Waals surface area (Å²) in [6.45, 7) is 4.03. The van der Waals surface area contributed by atoms with Crippen molar-refractivity contribution in [3.63, 3.8) is 0 Å².